The molecule has 0 spiro atoms. The second-order valence-electron chi connectivity index (χ2n) is 4.41. The third-order valence-corrected chi connectivity index (χ3v) is 3.07. The molecule has 0 heterocycles. The molecule has 1 aliphatic rings. The van der Waals surface area contributed by atoms with Crippen LogP contribution in [0.25, 0.3) is 0 Å². The van der Waals surface area contributed by atoms with Gasteiger partial charge in [-0.15, -0.1) is 0 Å². The average molecular weight is 204 g/mol. The number of allylic oxidation sites excluding steroid dienone is 6. The van der Waals surface area contributed by atoms with E-state index in [-0.39, 0.29) is 0 Å². The fourth-order valence-electron chi connectivity index (χ4n) is 2.08. The summed E-state index contributed by atoms with van der Waals surface area (Å²) in [4.78, 5) is 10.3. The summed E-state index contributed by atoms with van der Waals surface area (Å²) in [5.74, 6) is 0.666. The van der Waals surface area contributed by atoms with E-state index >= 15 is 0 Å². The highest BCUT2D eigenvalue weighted by Gasteiger charge is 2.14. The van der Waals surface area contributed by atoms with Crippen molar-refractivity contribution in [2.75, 3.05) is 0 Å². The topological polar surface area (TPSA) is 17.1 Å². The van der Waals surface area contributed by atoms with Crippen LogP contribution >= 0.6 is 0 Å². The minimum Gasteiger partial charge on any atom is -0.299 e. The quantitative estimate of drug-likeness (QED) is 0.388. The Morgan fingerprint density at radius 1 is 1.47 bits per heavy atom. The molecule has 0 aromatic heterocycles. The second kappa shape index (κ2) is 5.69. The van der Waals surface area contributed by atoms with Crippen LogP contribution < -0.4 is 0 Å². The first-order valence-electron chi connectivity index (χ1n) is 5.65. The lowest BCUT2D eigenvalue weighted by molar-refractivity contribution is -0.104. The number of aldehydes is 1. The minimum atomic E-state index is 0.666. The van der Waals surface area contributed by atoms with Crippen LogP contribution in [0, 0.1) is 5.92 Å². The van der Waals surface area contributed by atoms with Gasteiger partial charge in [0, 0.05) is 0 Å². The Morgan fingerprint density at radius 3 is 2.80 bits per heavy atom. The molecule has 15 heavy (non-hydrogen) atoms. The highest BCUT2D eigenvalue weighted by molar-refractivity contribution is 5.67. The van der Waals surface area contributed by atoms with Crippen molar-refractivity contribution in [2.24, 2.45) is 5.92 Å². The normalized spacial score (nSPS) is 23.7. The van der Waals surface area contributed by atoms with Gasteiger partial charge in [0.2, 0.25) is 0 Å². The lowest BCUT2D eigenvalue weighted by atomic mass is 9.84. The van der Waals surface area contributed by atoms with Gasteiger partial charge >= 0.3 is 0 Å². The fraction of sp³-hybridized carbons (Fsp3) is 0.500. The molecule has 0 aromatic carbocycles. The van der Waals surface area contributed by atoms with E-state index in [2.05, 4.69) is 19.9 Å². The van der Waals surface area contributed by atoms with Gasteiger partial charge in [-0.05, 0) is 56.3 Å². The van der Waals surface area contributed by atoms with E-state index in [1.165, 1.54) is 30.4 Å². The van der Waals surface area contributed by atoms with E-state index in [4.69, 9.17) is 0 Å². The number of hydrogen-bond donors (Lipinski definition) is 0. The van der Waals surface area contributed by atoms with Gasteiger partial charge in [-0.25, -0.2) is 0 Å². The predicted molar refractivity (Wildman–Crippen MR) is 64.7 cm³/mol. The van der Waals surface area contributed by atoms with Gasteiger partial charge in [-0.1, -0.05) is 24.6 Å². The van der Waals surface area contributed by atoms with Crippen molar-refractivity contribution < 1.29 is 4.79 Å². The standard InChI is InChI=1S/C14H20O/c1-11(9-10-15)7-8-14-12(2)5-4-6-13(14)3/h7-10,12H,4-6H2,1-3H3/b8-7+,11-9-. The average Bonchev–Trinajstić information content (AvgIpc) is 2.17. The summed E-state index contributed by atoms with van der Waals surface area (Å²) in [6.45, 7) is 6.45. The molecule has 0 aliphatic heterocycles. The smallest absolute Gasteiger partial charge is 0.143 e. The van der Waals surface area contributed by atoms with E-state index in [1.54, 1.807) is 6.08 Å². The molecule has 0 bridgehead atoms. The molecule has 0 amide bonds. The Labute approximate surface area is 92.6 Å². The predicted octanol–water partition coefficient (Wildman–Crippen LogP) is 3.82. The number of rotatable bonds is 3. The Balaban J connectivity index is 2.79. The molecule has 0 N–H and O–H groups in total. The van der Waals surface area contributed by atoms with E-state index < -0.39 is 0 Å². The molecule has 1 rings (SSSR count). The van der Waals surface area contributed by atoms with Gasteiger partial charge in [0.1, 0.15) is 6.29 Å². The lowest BCUT2D eigenvalue weighted by Gasteiger charge is -2.22. The van der Waals surface area contributed by atoms with Crippen LogP contribution in [0.4, 0.5) is 0 Å². The second-order valence-corrected chi connectivity index (χ2v) is 4.41. The van der Waals surface area contributed by atoms with E-state index in [1.807, 2.05) is 13.0 Å². The summed E-state index contributed by atoms with van der Waals surface area (Å²) in [7, 11) is 0. The van der Waals surface area contributed by atoms with Crippen LogP contribution in [0.15, 0.2) is 34.9 Å². The lowest BCUT2D eigenvalue weighted by Crippen LogP contribution is -2.06. The third-order valence-electron chi connectivity index (χ3n) is 3.07. The zero-order valence-corrected chi connectivity index (χ0v) is 9.92. The minimum absolute atomic E-state index is 0.666. The Kier molecular flexibility index (Phi) is 4.54. The molecular weight excluding hydrogens is 184 g/mol. The monoisotopic (exact) mass is 204 g/mol. The molecule has 82 valence electrons. The molecule has 0 aromatic rings. The molecule has 0 saturated carbocycles. The SMILES string of the molecule is CC1=C(/C=C/C(C)=C\C=O)C(C)CCC1. The molecule has 1 nitrogen and oxygen atoms in total. The largest absolute Gasteiger partial charge is 0.299 e. The maximum Gasteiger partial charge on any atom is 0.143 e. The van der Waals surface area contributed by atoms with E-state index in [0.29, 0.717) is 5.92 Å². The highest BCUT2D eigenvalue weighted by Crippen LogP contribution is 2.30. The van der Waals surface area contributed by atoms with Crippen LogP contribution in [-0.2, 0) is 4.79 Å². The van der Waals surface area contributed by atoms with E-state index in [9.17, 15) is 4.79 Å². The number of carbonyl (C=O) groups is 1. The highest BCUT2D eigenvalue weighted by atomic mass is 16.1. The van der Waals surface area contributed by atoms with Crippen molar-refractivity contribution >= 4 is 6.29 Å². The van der Waals surface area contributed by atoms with Crippen molar-refractivity contribution in [3.05, 3.63) is 34.9 Å². The van der Waals surface area contributed by atoms with Crippen LogP contribution in [0.3, 0.4) is 0 Å². The summed E-state index contributed by atoms with van der Waals surface area (Å²) < 4.78 is 0. The molecule has 0 radical (unpaired) electrons. The maximum atomic E-state index is 10.3. The zero-order chi connectivity index (χ0) is 11.3. The Hall–Kier alpha value is -1.11. The molecule has 1 aliphatic carbocycles. The van der Waals surface area contributed by atoms with Crippen LogP contribution in [-0.4, -0.2) is 6.29 Å². The van der Waals surface area contributed by atoms with E-state index in [0.717, 1.165) is 11.9 Å². The van der Waals surface area contributed by atoms with Gasteiger partial charge in [0.15, 0.2) is 0 Å². The van der Waals surface area contributed by atoms with Gasteiger partial charge in [-0.3, -0.25) is 4.79 Å². The van der Waals surface area contributed by atoms with Crippen LogP contribution in [0.1, 0.15) is 40.0 Å². The summed E-state index contributed by atoms with van der Waals surface area (Å²) in [5.41, 5.74) is 3.98. The van der Waals surface area contributed by atoms with Crippen molar-refractivity contribution in [1.29, 1.82) is 0 Å². The number of carbonyl (C=O) groups excluding carboxylic acids is 1. The third kappa shape index (κ3) is 3.50. The maximum absolute atomic E-state index is 10.3. The molecule has 1 heteroatoms. The molecule has 0 fully saturated rings. The zero-order valence-electron chi connectivity index (χ0n) is 9.92. The van der Waals surface area contributed by atoms with Crippen molar-refractivity contribution in [1.82, 2.24) is 0 Å². The van der Waals surface area contributed by atoms with Crippen molar-refractivity contribution in [3.8, 4) is 0 Å². The Bertz CT molecular complexity index is 318. The van der Waals surface area contributed by atoms with Crippen molar-refractivity contribution in [3.63, 3.8) is 0 Å². The van der Waals surface area contributed by atoms with Gasteiger partial charge in [-0.2, -0.15) is 0 Å². The Morgan fingerprint density at radius 2 is 2.20 bits per heavy atom. The molecule has 0 saturated heterocycles. The number of hydrogen-bond acceptors (Lipinski definition) is 1. The van der Waals surface area contributed by atoms with Gasteiger partial charge < -0.3 is 0 Å². The summed E-state index contributed by atoms with van der Waals surface area (Å²) in [6.07, 6.45) is 10.5. The first-order valence-corrected chi connectivity index (χ1v) is 5.65. The van der Waals surface area contributed by atoms with Gasteiger partial charge in [0.05, 0.1) is 0 Å². The van der Waals surface area contributed by atoms with Gasteiger partial charge in [0.25, 0.3) is 0 Å². The fourth-order valence-corrected chi connectivity index (χ4v) is 2.08. The van der Waals surface area contributed by atoms with Crippen LogP contribution in [0.5, 0.6) is 0 Å². The summed E-state index contributed by atoms with van der Waals surface area (Å²) >= 11 is 0. The molecule has 1 atom stereocenters. The summed E-state index contributed by atoms with van der Waals surface area (Å²) in [5, 5.41) is 0. The molecular formula is C14H20O. The van der Waals surface area contributed by atoms with Crippen molar-refractivity contribution in [2.45, 2.75) is 40.0 Å². The first kappa shape index (κ1) is 12.0. The van der Waals surface area contributed by atoms with Crippen LogP contribution in [0.2, 0.25) is 0 Å². The summed E-state index contributed by atoms with van der Waals surface area (Å²) in [6, 6.07) is 0. The molecule has 1 unspecified atom stereocenters. The first-order chi connectivity index (χ1) is 7.15.